The van der Waals surface area contributed by atoms with Crippen molar-refractivity contribution < 1.29 is 19.1 Å². The van der Waals surface area contributed by atoms with Crippen molar-refractivity contribution in [2.24, 2.45) is 5.10 Å². The quantitative estimate of drug-likeness (QED) is 0.641. The summed E-state index contributed by atoms with van der Waals surface area (Å²) in [5.41, 5.74) is 3.52. The van der Waals surface area contributed by atoms with Gasteiger partial charge in [0.05, 0.1) is 13.3 Å². The van der Waals surface area contributed by atoms with E-state index in [1.807, 2.05) is 0 Å². The number of hydrogen-bond donors (Lipinski definition) is 2. The van der Waals surface area contributed by atoms with Crippen LogP contribution in [-0.2, 0) is 0 Å². The summed E-state index contributed by atoms with van der Waals surface area (Å²) >= 11 is 0. The van der Waals surface area contributed by atoms with Crippen molar-refractivity contribution in [2.45, 2.75) is 0 Å². The van der Waals surface area contributed by atoms with Crippen LogP contribution < -0.4 is 20.2 Å². The zero-order valence-corrected chi connectivity index (χ0v) is 13.1. The molecule has 8 nitrogen and oxygen atoms in total. The Morgan fingerprint density at radius 3 is 2.58 bits per heavy atom. The van der Waals surface area contributed by atoms with Gasteiger partial charge in [-0.25, -0.2) is 10.2 Å². The molecule has 8 heteroatoms. The largest absolute Gasteiger partial charge is 0.493 e. The van der Waals surface area contributed by atoms with Crippen molar-refractivity contribution >= 4 is 18.2 Å². The molecule has 1 heterocycles. The average Bonchev–Trinajstić information content (AvgIpc) is 2.63. The molecule has 0 aliphatic carbocycles. The number of carbonyl (C=O) groups excluding carboxylic acids is 2. The molecule has 1 aromatic carbocycles. The zero-order valence-electron chi connectivity index (χ0n) is 13.1. The van der Waals surface area contributed by atoms with Crippen LogP contribution in [0, 0.1) is 0 Å². The summed E-state index contributed by atoms with van der Waals surface area (Å²) in [7, 11) is 2.92. The number of ether oxygens (including phenoxy) is 2. The maximum Gasteiger partial charge on any atom is 0.412 e. The van der Waals surface area contributed by atoms with Gasteiger partial charge in [0.1, 0.15) is 0 Å². The van der Waals surface area contributed by atoms with E-state index in [0.29, 0.717) is 16.9 Å². The van der Waals surface area contributed by atoms with E-state index in [-0.39, 0.29) is 11.7 Å². The van der Waals surface area contributed by atoms with Crippen LogP contribution in [0.3, 0.4) is 0 Å². The van der Waals surface area contributed by atoms with Gasteiger partial charge >= 0.3 is 6.09 Å². The summed E-state index contributed by atoms with van der Waals surface area (Å²) in [4.78, 5) is 26.9. The highest BCUT2D eigenvalue weighted by molar-refractivity contribution is 5.94. The summed E-state index contributed by atoms with van der Waals surface area (Å²) < 4.78 is 10.2. The van der Waals surface area contributed by atoms with Crippen LogP contribution in [0.15, 0.2) is 47.8 Å². The molecule has 0 unspecified atom stereocenters. The molecule has 0 atom stereocenters. The first kappa shape index (κ1) is 16.9. The third kappa shape index (κ3) is 4.54. The lowest BCUT2D eigenvalue weighted by Crippen LogP contribution is -2.22. The Labute approximate surface area is 138 Å². The maximum atomic E-state index is 11.8. The number of hydrazone groups is 1. The van der Waals surface area contributed by atoms with Gasteiger partial charge in [-0.3, -0.25) is 9.78 Å². The van der Waals surface area contributed by atoms with Crippen molar-refractivity contribution in [2.75, 3.05) is 14.2 Å². The normalized spacial score (nSPS) is 10.2. The second-order valence-corrected chi connectivity index (χ2v) is 4.48. The van der Waals surface area contributed by atoms with E-state index in [1.54, 1.807) is 30.3 Å². The first-order valence-electron chi connectivity index (χ1n) is 6.95. The fraction of sp³-hybridized carbons (Fsp3) is 0.125. The zero-order chi connectivity index (χ0) is 17.4. The number of carbonyl (C=O) groups is 2. The molecule has 124 valence electrons. The van der Waals surface area contributed by atoms with Crippen LogP contribution in [0.4, 0.5) is 4.79 Å². The van der Waals surface area contributed by atoms with Gasteiger partial charge in [-0.1, -0.05) is 0 Å². The Balaban J connectivity index is 2.04. The molecule has 2 aromatic rings. The van der Waals surface area contributed by atoms with Crippen molar-refractivity contribution in [3.8, 4) is 11.5 Å². The van der Waals surface area contributed by atoms with Gasteiger partial charge in [0.25, 0.3) is 5.91 Å². The third-order valence-electron chi connectivity index (χ3n) is 2.92. The molecule has 0 saturated carbocycles. The van der Waals surface area contributed by atoms with Crippen molar-refractivity contribution in [1.29, 1.82) is 0 Å². The second-order valence-electron chi connectivity index (χ2n) is 4.48. The summed E-state index contributed by atoms with van der Waals surface area (Å²) in [5.74, 6) is 0.290. The standard InChI is InChI=1S/C16H16N4O4/c1-17-16(22)24-13-4-3-11(9-14(13)23-2)10-19-20-15(21)12-5-7-18-8-6-12/h3-10H,1-2H3,(H,17,22)(H,20,21)/b19-10+. The van der Waals surface area contributed by atoms with E-state index in [4.69, 9.17) is 9.47 Å². The van der Waals surface area contributed by atoms with Crippen molar-refractivity contribution in [3.63, 3.8) is 0 Å². The van der Waals surface area contributed by atoms with Crippen LogP contribution >= 0.6 is 0 Å². The molecule has 0 radical (unpaired) electrons. The fourth-order valence-corrected chi connectivity index (χ4v) is 1.73. The first-order chi connectivity index (χ1) is 11.6. The van der Waals surface area contributed by atoms with Crippen molar-refractivity contribution in [1.82, 2.24) is 15.7 Å². The first-order valence-corrected chi connectivity index (χ1v) is 6.95. The molecule has 0 spiro atoms. The number of rotatable bonds is 5. The number of methoxy groups -OCH3 is 1. The monoisotopic (exact) mass is 328 g/mol. The van der Waals surface area contributed by atoms with Gasteiger partial charge in [0.15, 0.2) is 11.5 Å². The van der Waals surface area contributed by atoms with Crippen LogP contribution in [0.1, 0.15) is 15.9 Å². The average molecular weight is 328 g/mol. The minimum atomic E-state index is -0.598. The Morgan fingerprint density at radius 1 is 1.17 bits per heavy atom. The smallest absolute Gasteiger partial charge is 0.412 e. The maximum absolute atomic E-state index is 11.8. The number of aromatic nitrogens is 1. The lowest BCUT2D eigenvalue weighted by atomic mass is 10.2. The number of amides is 2. The number of hydrogen-bond acceptors (Lipinski definition) is 6. The lowest BCUT2D eigenvalue weighted by molar-refractivity contribution is 0.0955. The minimum absolute atomic E-state index is 0.273. The van der Waals surface area contributed by atoms with Gasteiger partial charge in [0.2, 0.25) is 0 Å². The van der Waals surface area contributed by atoms with E-state index in [9.17, 15) is 9.59 Å². The minimum Gasteiger partial charge on any atom is -0.493 e. The highest BCUT2D eigenvalue weighted by Crippen LogP contribution is 2.27. The molecule has 1 aromatic heterocycles. The predicted octanol–water partition coefficient (Wildman–Crippen LogP) is 1.57. The Bertz CT molecular complexity index is 747. The molecule has 0 aliphatic rings. The highest BCUT2D eigenvalue weighted by Gasteiger charge is 2.09. The van der Waals surface area contributed by atoms with Crippen molar-refractivity contribution in [3.05, 3.63) is 53.9 Å². The second kappa shape index (κ2) is 8.28. The van der Waals surface area contributed by atoms with E-state index in [0.717, 1.165) is 0 Å². The molecular formula is C16H16N4O4. The summed E-state index contributed by atoms with van der Waals surface area (Å²) in [6, 6.07) is 8.03. The van der Waals surface area contributed by atoms with Crippen LogP contribution in [0.2, 0.25) is 0 Å². The molecule has 2 N–H and O–H groups in total. The third-order valence-corrected chi connectivity index (χ3v) is 2.92. The van der Waals surface area contributed by atoms with E-state index in [1.165, 1.54) is 32.8 Å². The highest BCUT2D eigenvalue weighted by atomic mass is 16.6. The number of pyridine rings is 1. The van der Waals surface area contributed by atoms with Crippen LogP contribution in [0.5, 0.6) is 11.5 Å². The Kier molecular flexibility index (Phi) is 5.84. The summed E-state index contributed by atoms with van der Waals surface area (Å²) in [5, 5.41) is 6.23. The molecule has 2 amide bonds. The van der Waals surface area contributed by atoms with Gasteiger partial charge in [-0.05, 0) is 35.9 Å². The van der Waals surface area contributed by atoms with Gasteiger partial charge < -0.3 is 14.8 Å². The van der Waals surface area contributed by atoms with Gasteiger partial charge in [-0.15, -0.1) is 0 Å². The molecule has 0 saturated heterocycles. The molecule has 0 bridgehead atoms. The topological polar surface area (TPSA) is 102 Å². The van der Waals surface area contributed by atoms with E-state index >= 15 is 0 Å². The lowest BCUT2D eigenvalue weighted by Gasteiger charge is -2.09. The number of nitrogens with zero attached hydrogens (tertiary/aromatic N) is 2. The molecule has 0 fully saturated rings. The Hall–Kier alpha value is -3.42. The fourth-order valence-electron chi connectivity index (χ4n) is 1.73. The SMILES string of the molecule is CNC(=O)Oc1ccc(/C=N/NC(=O)c2ccncc2)cc1OC. The summed E-state index contributed by atoms with van der Waals surface area (Å²) in [6.45, 7) is 0. The van der Waals surface area contributed by atoms with Crippen LogP contribution in [0.25, 0.3) is 0 Å². The molecule has 2 rings (SSSR count). The Morgan fingerprint density at radius 2 is 1.92 bits per heavy atom. The van der Waals surface area contributed by atoms with Crippen LogP contribution in [-0.4, -0.2) is 37.4 Å². The number of benzene rings is 1. The molecule has 0 aliphatic heterocycles. The predicted molar refractivity (Wildman–Crippen MR) is 87.4 cm³/mol. The van der Waals surface area contributed by atoms with Gasteiger partial charge in [0, 0.05) is 25.0 Å². The van der Waals surface area contributed by atoms with E-state index < -0.39 is 6.09 Å². The number of nitrogens with one attached hydrogen (secondary N) is 2. The van der Waals surface area contributed by atoms with Gasteiger partial charge in [-0.2, -0.15) is 5.10 Å². The summed E-state index contributed by atoms with van der Waals surface area (Å²) in [6.07, 6.45) is 3.90. The molecular weight excluding hydrogens is 312 g/mol. The van der Waals surface area contributed by atoms with E-state index in [2.05, 4.69) is 20.8 Å². The molecule has 24 heavy (non-hydrogen) atoms.